The third kappa shape index (κ3) is 1.63. The molecular weight excluding hydrogens is 222 g/mol. The minimum Gasteiger partial charge on any atom is -0.352 e. The van der Waals surface area contributed by atoms with Crippen LogP contribution in [0.2, 0.25) is 0 Å². The second-order valence-electron chi connectivity index (χ2n) is 4.37. The van der Waals surface area contributed by atoms with E-state index in [0.717, 1.165) is 16.5 Å². The number of carbonyl (C=O) groups is 1. The molecule has 88 valence electrons. The molecule has 3 aromatic rings. The summed E-state index contributed by atoms with van der Waals surface area (Å²) in [7, 11) is 0. The largest absolute Gasteiger partial charge is 0.352 e. The molecule has 3 rings (SSSR count). The Morgan fingerprint density at radius 1 is 0.944 bits per heavy atom. The number of aryl methyl sites for hydroxylation is 1. The summed E-state index contributed by atoms with van der Waals surface area (Å²) in [5.41, 5.74) is 3.42. The van der Waals surface area contributed by atoms with Crippen molar-refractivity contribution < 1.29 is 4.79 Å². The molecular formula is C16H13NO. The molecule has 0 spiro atoms. The highest BCUT2D eigenvalue weighted by molar-refractivity contribution is 6.11. The fourth-order valence-corrected chi connectivity index (χ4v) is 2.24. The fraction of sp³-hybridized carbons (Fsp3) is 0.0625. The van der Waals surface area contributed by atoms with E-state index in [9.17, 15) is 4.79 Å². The first-order chi connectivity index (χ1) is 8.77. The van der Waals surface area contributed by atoms with Crippen molar-refractivity contribution in [2.24, 2.45) is 0 Å². The van der Waals surface area contributed by atoms with Gasteiger partial charge < -0.3 is 4.98 Å². The Morgan fingerprint density at radius 2 is 1.61 bits per heavy atom. The van der Waals surface area contributed by atoms with Gasteiger partial charge in [0.25, 0.3) is 0 Å². The third-order valence-corrected chi connectivity index (χ3v) is 3.23. The molecule has 0 aliphatic carbocycles. The van der Waals surface area contributed by atoms with Crippen molar-refractivity contribution in [2.45, 2.75) is 6.92 Å². The van der Waals surface area contributed by atoms with Crippen LogP contribution in [0.1, 0.15) is 21.6 Å². The van der Waals surface area contributed by atoms with Crippen molar-refractivity contribution in [3.63, 3.8) is 0 Å². The van der Waals surface area contributed by atoms with E-state index in [1.807, 2.05) is 61.5 Å². The number of benzene rings is 2. The highest BCUT2D eigenvalue weighted by Crippen LogP contribution is 2.23. The quantitative estimate of drug-likeness (QED) is 0.675. The number of nitrogens with one attached hydrogen (secondary N) is 1. The summed E-state index contributed by atoms with van der Waals surface area (Å²) in [5.74, 6) is 0.0456. The van der Waals surface area contributed by atoms with Crippen molar-refractivity contribution >= 4 is 16.7 Å². The number of aromatic nitrogens is 1. The predicted molar refractivity (Wildman–Crippen MR) is 72.9 cm³/mol. The van der Waals surface area contributed by atoms with Crippen LogP contribution < -0.4 is 0 Å². The molecule has 0 aliphatic heterocycles. The van der Waals surface area contributed by atoms with Crippen LogP contribution in [0.15, 0.2) is 54.6 Å². The number of para-hydroxylation sites is 1. The maximum absolute atomic E-state index is 12.4. The van der Waals surface area contributed by atoms with Crippen molar-refractivity contribution in [3.05, 3.63) is 71.4 Å². The summed E-state index contributed by atoms with van der Waals surface area (Å²) in [6.07, 6.45) is 0. The van der Waals surface area contributed by atoms with Crippen LogP contribution >= 0.6 is 0 Å². The monoisotopic (exact) mass is 235 g/mol. The number of hydrogen-bond donors (Lipinski definition) is 1. The molecule has 0 saturated carbocycles. The molecule has 1 aromatic heterocycles. The second kappa shape index (κ2) is 4.15. The van der Waals surface area contributed by atoms with Crippen LogP contribution in [0.3, 0.4) is 0 Å². The summed E-state index contributed by atoms with van der Waals surface area (Å²) in [6.45, 7) is 1.98. The lowest BCUT2D eigenvalue weighted by molar-refractivity contribution is 0.103. The van der Waals surface area contributed by atoms with Gasteiger partial charge in [0.05, 0.1) is 5.69 Å². The number of rotatable bonds is 2. The standard InChI is InChI=1S/C16H13NO/c1-11-13-9-5-6-10-14(13)17-15(11)16(18)12-7-3-2-4-8-12/h2-10,17H,1H3. The summed E-state index contributed by atoms with van der Waals surface area (Å²) >= 11 is 0. The van der Waals surface area contributed by atoms with Gasteiger partial charge >= 0.3 is 0 Å². The summed E-state index contributed by atoms with van der Waals surface area (Å²) < 4.78 is 0. The van der Waals surface area contributed by atoms with E-state index in [1.165, 1.54) is 0 Å². The highest BCUT2D eigenvalue weighted by atomic mass is 16.1. The number of hydrogen-bond acceptors (Lipinski definition) is 1. The van der Waals surface area contributed by atoms with E-state index < -0.39 is 0 Å². The molecule has 0 radical (unpaired) electrons. The zero-order valence-electron chi connectivity index (χ0n) is 10.1. The van der Waals surface area contributed by atoms with E-state index >= 15 is 0 Å². The zero-order chi connectivity index (χ0) is 12.5. The van der Waals surface area contributed by atoms with Gasteiger partial charge in [0.1, 0.15) is 0 Å². The van der Waals surface area contributed by atoms with E-state index in [-0.39, 0.29) is 5.78 Å². The number of carbonyl (C=O) groups excluding carboxylic acids is 1. The van der Waals surface area contributed by atoms with Gasteiger partial charge in [-0.05, 0) is 18.6 Å². The Balaban J connectivity index is 2.15. The predicted octanol–water partition coefficient (Wildman–Crippen LogP) is 3.71. The molecule has 1 N–H and O–H groups in total. The molecule has 0 atom stereocenters. The fourth-order valence-electron chi connectivity index (χ4n) is 2.24. The van der Waals surface area contributed by atoms with Crippen molar-refractivity contribution in [2.75, 3.05) is 0 Å². The summed E-state index contributed by atoms with van der Waals surface area (Å²) in [4.78, 5) is 15.6. The Hall–Kier alpha value is -2.35. The molecule has 0 amide bonds. The summed E-state index contributed by atoms with van der Waals surface area (Å²) in [5, 5.41) is 1.11. The first kappa shape index (κ1) is 10.8. The molecule has 2 aromatic carbocycles. The topological polar surface area (TPSA) is 32.9 Å². The van der Waals surface area contributed by atoms with Gasteiger partial charge in [0.2, 0.25) is 5.78 Å². The number of ketones is 1. The van der Waals surface area contributed by atoms with Gasteiger partial charge in [0.15, 0.2) is 0 Å². The Morgan fingerprint density at radius 3 is 2.33 bits per heavy atom. The van der Waals surface area contributed by atoms with Crippen molar-refractivity contribution in [3.8, 4) is 0 Å². The Kier molecular flexibility index (Phi) is 2.49. The van der Waals surface area contributed by atoms with E-state index in [2.05, 4.69) is 4.98 Å². The van der Waals surface area contributed by atoms with Crippen LogP contribution in [0.4, 0.5) is 0 Å². The lowest BCUT2D eigenvalue weighted by Crippen LogP contribution is -2.02. The normalized spacial score (nSPS) is 10.7. The number of H-pyrrole nitrogens is 1. The number of fused-ring (bicyclic) bond motifs is 1. The van der Waals surface area contributed by atoms with Gasteiger partial charge in [-0.3, -0.25) is 4.79 Å². The van der Waals surface area contributed by atoms with Crippen LogP contribution in [0.5, 0.6) is 0 Å². The van der Waals surface area contributed by atoms with Gasteiger partial charge in [-0.1, -0.05) is 48.5 Å². The van der Waals surface area contributed by atoms with Crippen LogP contribution in [-0.2, 0) is 0 Å². The van der Waals surface area contributed by atoms with Crippen LogP contribution in [0.25, 0.3) is 10.9 Å². The average molecular weight is 235 g/mol. The molecule has 18 heavy (non-hydrogen) atoms. The van der Waals surface area contributed by atoms with Crippen molar-refractivity contribution in [1.82, 2.24) is 4.98 Å². The lowest BCUT2D eigenvalue weighted by Gasteiger charge is -1.99. The Bertz CT molecular complexity index is 710. The SMILES string of the molecule is Cc1c(C(=O)c2ccccc2)[nH]c2ccccc12. The smallest absolute Gasteiger partial charge is 0.209 e. The van der Waals surface area contributed by atoms with E-state index in [1.54, 1.807) is 0 Å². The molecule has 2 nitrogen and oxygen atoms in total. The molecule has 2 heteroatoms. The molecule has 1 heterocycles. The second-order valence-corrected chi connectivity index (χ2v) is 4.37. The van der Waals surface area contributed by atoms with E-state index in [4.69, 9.17) is 0 Å². The van der Waals surface area contributed by atoms with E-state index in [0.29, 0.717) is 11.3 Å². The lowest BCUT2D eigenvalue weighted by atomic mass is 10.0. The maximum Gasteiger partial charge on any atom is 0.209 e. The van der Waals surface area contributed by atoms with Gasteiger partial charge in [-0.2, -0.15) is 0 Å². The molecule has 0 unspecified atom stereocenters. The van der Waals surface area contributed by atoms with Gasteiger partial charge in [0, 0.05) is 16.5 Å². The highest BCUT2D eigenvalue weighted by Gasteiger charge is 2.15. The zero-order valence-corrected chi connectivity index (χ0v) is 10.1. The van der Waals surface area contributed by atoms with Gasteiger partial charge in [-0.15, -0.1) is 0 Å². The first-order valence-corrected chi connectivity index (χ1v) is 5.94. The average Bonchev–Trinajstić information content (AvgIpc) is 2.77. The Labute approximate surface area is 105 Å². The molecule has 0 fully saturated rings. The maximum atomic E-state index is 12.4. The van der Waals surface area contributed by atoms with Crippen LogP contribution in [-0.4, -0.2) is 10.8 Å². The molecule has 0 saturated heterocycles. The minimum absolute atomic E-state index is 0.0456. The number of aromatic amines is 1. The van der Waals surface area contributed by atoms with Gasteiger partial charge in [-0.25, -0.2) is 0 Å². The van der Waals surface area contributed by atoms with Crippen LogP contribution in [0, 0.1) is 6.92 Å². The third-order valence-electron chi connectivity index (χ3n) is 3.23. The molecule has 0 bridgehead atoms. The summed E-state index contributed by atoms with van der Waals surface area (Å²) in [6, 6.07) is 17.3. The van der Waals surface area contributed by atoms with Crippen molar-refractivity contribution in [1.29, 1.82) is 0 Å². The minimum atomic E-state index is 0.0456. The molecule has 0 aliphatic rings. The first-order valence-electron chi connectivity index (χ1n) is 5.94.